The summed E-state index contributed by atoms with van der Waals surface area (Å²) in [4.78, 5) is 21.6. The molecule has 1 aromatic carbocycles. The normalized spacial score (nSPS) is 15.9. The Morgan fingerprint density at radius 3 is 2.37 bits per heavy atom. The van der Waals surface area contributed by atoms with Crippen LogP contribution in [0.4, 0.5) is 10.5 Å². The molecule has 0 atom stereocenters. The molecule has 1 aliphatic rings. The lowest BCUT2D eigenvalue weighted by atomic mass is 10.2. The van der Waals surface area contributed by atoms with Gasteiger partial charge in [-0.2, -0.15) is 4.99 Å². The van der Waals surface area contributed by atoms with E-state index in [1.807, 2.05) is 32.3 Å². The Hall–Kier alpha value is -2.04. The third kappa shape index (κ3) is 3.71. The lowest BCUT2D eigenvalue weighted by Gasteiger charge is -2.35. The molecule has 0 aromatic heterocycles. The molecule has 5 heteroatoms. The van der Waals surface area contributed by atoms with Gasteiger partial charge in [0.15, 0.2) is 0 Å². The Bertz CT molecular complexity index is 436. The number of para-hydroxylation sites is 1. The molecule has 0 bridgehead atoms. The van der Waals surface area contributed by atoms with E-state index in [1.165, 1.54) is 5.69 Å². The van der Waals surface area contributed by atoms with E-state index in [4.69, 9.17) is 0 Å². The van der Waals surface area contributed by atoms with E-state index in [9.17, 15) is 4.79 Å². The van der Waals surface area contributed by atoms with Crippen LogP contribution in [0, 0.1) is 0 Å². The van der Waals surface area contributed by atoms with Crippen LogP contribution in [0.15, 0.2) is 35.3 Å². The van der Waals surface area contributed by atoms with Crippen LogP contribution < -0.4 is 4.90 Å². The number of urea groups is 1. The molecule has 0 aliphatic carbocycles. The summed E-state index contributed by atoms with van der Waals surface area (Å²) in [5.74, 6) is 0. The molecule has 1 saturated heterocycles. The van der Waals surface area contributed by atoms with Gasteiger partial charge in [-0.05, 0) is 12.1 Å². The molecule has 0 N–H and O–H groups in total. The van der Waals surface area contributed by atoms with Gasteiger partial charge < -0.3 is 14.7 Å². The number of piperazine rings is 1. The smallest absolute Gasteiger partial charge is 0.345 e. The van der Waals surface area contributed by atoms with Crippen molar-refractivity contribution in [1.82, 2.24) is 9.80 Å². The highest BCUT2D eigenvalue weighted by Crippen LogP contribution is 2.15. The highest BCUT2D eigenvalue weighted by atomic mass is 16.2. The van der Waals surface area contributed by atoms with Crippen LogP contribution in [0.2, 0.25) is 0 Å². The number of carbonyl (C=O) groups excluding carboxylic acids is 1. The quantitative estimate of drug-likeness (QED) is 0.598. The maximum atomic E-state index is 11.8. The van der Waals surface area contributed by atoms with E-state index in [0.717, 1.165) is 26.2 Å². The SMILES string of the molecule is CN(C)/C=N/C(=O)N1CCN(c2ccccc2)CC1. The van der Waals surface area contributed by atoms with Crippen LogP contribution in [-0.2, 0) is 0 Å². The van der Waals surface area contributed by atoms with E-state index in [1.54, 1.807) is 16.1 Å². The van der Waals surface area contributed by atoms with Gasteiger partial charge in [0.25, 0.3) is 0 Å². The van der Waals surface area contributed by atoms with Gasteiger partial charge >= 0.3 is 6.03 Å². The third-order valence-electron chi connectivity index (χ3n) is 3.07. The van der Waals surface area contributed by atoms with Crippen molar-refractivity contribution in [3.05, 3.63) is 30.3 Å². The largest absolute Gasteiger partial charge is 0.369 e. The van der Waals surface area contributed by atoms with Crippen LogP contribution in [0.25, 0.3) is 0 Å². The van der Waals surface area contributed by atoms with Crippen LogP contribution in [0.5, 0.6) is 0 Å². The van der Waals surface area contributed by atoms with Gasteiger partial charge in [-0.25, -0.2) is 4.79 Å². The molecular weight excluding hydrogens is 240 g/mol. The summed E-state index contributed by atoms with van der Waals surface area (Å²) < 4.78 is 0. The fraction of sp³-hybridized carbons (Fsp3) is 0.429. The maximum Gasteiger partial charge on any atom is 0.345 e. The number of amides is 2. The van der Waals surface area contributed by atoms with Gasteiger partial charge in [-0.1, -0.05) is 18.2 Å². The molecule has 0 spiro atoms. The predicted octanol–water partition coefficient (Wildman–Crippen LogP) is 1.52. The van der Waals surface area contributed by atoms with Gasteiger partial charge in [0, 0.05) is 46.0 Å². The fourth-order valence-electron chi connectivity index (χ4n) is 2.04. The van der Waals surface area contributed by atoms with E-state index in [2.05, 4.69) is 22.0 Å². The maximum absolute atomic E-state index is 11.8. The number of hydrogen-bond acceptors (Lipinski definition) is 2. The van der Waals surface area contributed by atoms with Gasteiger partial charge in [0.05, 0.1) is 6.34 Å². The van der Waals surface area contributed by atoms with Gasteiger partial charge in [0.2, 0.25) is 0 Å². The number of hydrogen-bond donors (Lipinski definition) is 0. The number of aliphatic imine (C=N–C) groups is 1. The first-order chi connectivity index (χ1) is 9.16. The van der Waals surface area contributed by atoms with E-state index in [-0.39, 0.29) is 6.03 Å². The van der Waals surface area contributed by atoms with Crippen LogP contribution in [0.1, 0.15) is 0 Å². The standard InChI is InChI=1S/C14H20N4O/c1-16(2)12-15-14(19)18-10-8-17(9-11-18)13-6-4-3-5-7-13/h3-7,12H,8-11H2,1-2H3/b15-12+. The van der Waals surface area contributed by atoms with Gasteiger partial charge in [-0.3, -0.25) is 0 Å². The molecule has 1 fully saturated rings. The molecular formula is C14H20N4O. The first-order valence-electron chi connectivity index (χ1n) is 6.46. The van der Waals surface area contributed by atoms with Crippen molar-refractivity contribution in [2.45, 2.75) is 0 Å². The summed E-state index contributed by atoms with van der Waals surface area (Å²) in [6, 6.07) is 10.1. The molecule has 2 rings (SSSR count). The lowest BCUT2D eigenvalue weighted by molar-refractivity contribution is 0.204. The minimum atomic E-state index is -0.151. The number of anilines is 1. The number of rotatable bonds is 2. The molecule has 1 heterocycles. The second-order valence-corrected chi connectivity index (χ2v) is 4.80. The Kier molecular flexibility index (Phi) is 4.39. The van der Waals surface area contributed by atoms with Crippen LogP contribution in [-0.4, -0.2) is 62.4 Å². The molecule has 2 amide bonds. The zero-order valence-electron chi connectivity index (χ0n) is 11.5. The molecule has 19 heavy (non-hydrogen) atoms. The van der Waals surface area contributed by atoms with Crippen molar-refractivity contribution >= 4 is 18.1 Å². The minimum absolute atomic E-state index is 0.151. The third-order valence-corrected chi connectivity index (χ3v) is 3.07. The number of nitrogens with zero attached hydrogens (tertiary/aromatic N) is 4. The average molecular weight is 260 g/mol. The molecule has 1 aromatic rings. The van der Waals surface area contributed by atoms with E-state index >= 15 is 0 Å². The number of carbonyl (C=O) groups is 1. The van der Waals surface area contributed by atoms with Crippen molar-refractivity contribution in [3.63, 3.8) is 0 Å². The van der Waals surface area contributed by atoms with Crippen molar-refractivity contribution in [2.75, 3.05) is 45.2 Å². The molecule has 0 saturated carbocycles. The van der Waals surface area contributed by atoms with Crippen LogP contribution in [0.3, 0.4) is 0 Å². The Labute approximate surface area is 114 Å². The van der Waals surface area contributed by atoms with Gasteiger partial charge in [-0.15, -0.1) is 0 Å². The van der Waals surface area contributed by atoms with E-state index < -0.39 is 0 Å². The molecule has 102 valence electrons. The first-order valence-corrected chi connectivity index (χ1v) is 6.46. The molecule has 5 nitrogen and oxygen atoms in total. The van der Waals surface area contributed by atoms with Crippen LogP contribution >= 0.6 is 0 Å². The minimum Gasteiger partial charge on any atom is -0.369 e. The summed E-state index contributed by atoms with van der Waals surface area (Å²) >= 11 is 0. The highest BCUT2D eigenvalue weighted by Gasteiger charge is 2.20. The number of benzene rings is 1. The summed E-state index contributed by atoms with van der Waals surface area (Å²) in [7, 11) is 3.70. The monoisotopic (exact) mass is 260 g/mol. The Morgan fingerprint density at radius 1 is 1.16 bits per heavy atom. The Morgan fingerprint density at radius 2 is 1.79 bits per heavy atom. The fourth-order valence-corrected chi connectivity index (χ4v) is 2.04. The van der Waals surface area contributed by atoms with Crippen molar-refractivity contribution < 1.29 is 4.79 Å². The second kappa shape index (κ2) is 6.22. The lowest BCUT2D eigenvalue weighted by Crippen LogP contribution is -2.48. The molecule has 1 aliphatic heterocycles. The van der Waals surface area contributed by atoms with Gasteiger partial charge in [0.1, 0.15) is 0 Å². The van der Waals surface area contributed by atoms with Crippen molar-refractivity contribution in [2.24, 2.45) is 4.99 Å². The molecule has 0 radical (unpaired) electrons. The average Bonchev–Trinajstić information content (AvgIpc) is 2.46. The zero-order chi connectivity index (χ0) is 13.7. The zero-order valence-corrected chi connectivity index (χ0v) is 11.5. The summed E-state index contributed by atoms with van der Waals surface area (Å²) in [6.07, 6.45) is 1.55. The first kappa shape index (κ1) is 13.4. The summed E-state index contributed by atoms with van der Waals surface area (Å²) in [5.41, 5.74) is 1.21. The Balaban J connectivity index is 1.87. The summed E-state index contributed by atoms with van der Waals surface area (Å²) in [5, 5.41) is 0. The van der Waals surface area contributed by atoms with Crippen molar-refractivity contribution in [1.29, 1.82) is 0 Å². The topological polar surface area (TPSA) is 39.2 Å². The predicted molar refractivity (Wildman–Crippen MR) is 77.8 cm³/mol. The highest BCUT2D eigenvalue weighted by molar-refractivity contribution is 5.83. The van der Waals surface area contributed by atoms with Crippen molar-refractivity contribution in [3.8, 4) is 0 Å². The molecule has 0 unspecified atom stereocenters. The van der Waals surface area contributed by atoms with E-state index in [0.29, 0.717) is 0 Å². The second-order valence-electron chi connectivity index (χ2n) is 4.80. The summed E-state index contributed by atoms with van der Waals surface area (Å²) in [6.45, 7) is 3.15.